The zero-order chi connectivity index (χ0) is 19.5. The number of phenolic OH excluding ortho intramolecular Hbond substituents is 1. The molecule has 0 aliphatic rings. The predicted octanol–water partition coefficient (Wildman–Crippen LogP) is 5.34. The van der Waals surface area contributed by atoms with Gasteiger partial charge in [-0.05, 0) is 29.3 Å². The molecule has 3 aromatic carbocycles. The largest absolute Gasteiger partial charge is 0.508 e. The minimum atomic E-state index is -0.235. The maximum absolute atomic E-state index is 11.6. The van der Waals surface area contributed by atoms with Crippen molar-refractivity contribution in [2.75, 3.05) is 5.32 Å². The lowest BCUT2D eigenvalue weighted by Gasteiger charge is -2.07. The average Bonchev–Trinajstić information content (AvgIpc) is 3.11. The van der Waals surface area contributed by atoms with Crippen LogP contribution < -0.4 is 5.32 Å². The summed E-state index contributed by atoms with van der Waals surface area (Å²) in [5.41, 5.74) is 3.89. The third-order valence-corrected chi connectivity index (χ3v) is 4.28. The molecule has 138 valence electrons. The van der Waals surface area contributed by atoms with E-state index in [1.807, 2.05) is 60.7 Å². The second-order valence-corrected chi connectivity index (χ2v) is 6.34. The van der Waals surface area contributed by atoms with Gasteiger partial charge in [-0.15, -0.1) is 0 Å². The van der Waals surface area contributed by atoms with Crippen molar-refractivity contribution in [1.29, 1.82) is 0 Å². The Labute approximate surface area is 162 Å². The van der Waals surface area contributed by atoms with Crippen molar-refractivity contribution in [3.8, 4) is 39.6 Å². The van der Waals surface area contributed by atoms with Crippen LogP contribution in [-0.2, 0) is 4.79 Å². The van der Waals surface area contributed by atoms with Gasteiger partial charge < -0.3 is 9.52 Å². The highest BCUT2D eigenvalue weighted by Crippen LogP contribution is 2.37. The van der Waals surface area contributed by atoms with E-state index in [1.165, 1.54) is 6.92 Å². The number of aromatic hydroxyl groups is 1. The molecular weight excluding hydrogens is 352 g/mol. The minimum Gasteiger partial charge on any atom is -0.508 e. The van der Waals surface area contributed by atoms with Gasteiger partial charge in [0.2, 0.25) is 17.7 Å². The molecule has 0 spiro atoms. The van der Waals surface area contributed by atoms with Crippen molar-refractivity contribution in [3.05, 3.63) is 78.9 Å². The number of hydrogen-bond donors (Lipinski definition) is 2. The summed E-state index contributed by atoms with van der Waals surface area (Å²) in [5.74, 6) is 0.644. The predicted molar refractivity (Wildman–Crippen MR) is 109 cm³/mol. The van der Waals surface area contributed by atoms with E-state index in [0.717, 1.165) is 22.3 Å². The summed E-state index contributed by atoms with van der Waals surface area (Å²) in [5, 5.41) is 12.6. The van der Waals surface area contributed by atoms with Gasteiger partial charge in [0, 0.05) is 18.1 Å². The quantitative estimate of drug-likeness (QED) is 0.508. The highest BCUT2D eigenvalue weighted by Gasteiger charge is 2.19. The van der Waals surface area contributed by atoms with E-state index >= 15 is 0 Å². The molecule has 0 fully saturated rings. The number of nitrogens with zero attached hydrogens (tertiary/aromatic N) is 1. The third-order valence-electron chi connectivity index (χ3n) is 4.28. The molecule has 1 amide bonds. The number of benzene rings is 3. The minimum absolute atomic E-state index is 0.184. The standard InChI is InChI=1S/C23H18N2O3/c1-15(26)24-23-21(16-8-3-2-4-9-16)25-22(28-23)20-13-6-5-12-19(20)17-10-7-11-18(27)14-17/h2-14,27H,1H3,(H,24,26). The maximum atomic E-state index is 11.6. The maximum Gasteiger partial charge on any atom is 0.229 e. The topological polar surface area (TPSA) is 75.4 Å². The number of aromatic nitrogens is 1. The molecule has 28 heavy (non-hydrogen) atoms. The van der Waals surface area contributed by atoms with Gasteiger partial charge in [0.05, 0.1) is 0 Å². The fourth-order valence-electron chi connectivity index (χ4n) is 3.07. The molecule has 1 heterocycles. The second-order valence-electron chi connectivity index (χ2n) is 6.34. The SMILES string of the molecule is CC(=O)Nc1oc(-c2ccccc2-c2cccc(O)c2)nc1-c1ccccc1. The summed E-state index contributed by atoms with van der Waals surface area (Å²) in [6.07, 6.45) is 0. The first-order valence-corrected chi connectivity index (χ1v) is 8.84. The summed E-state index contributed by atoms with van der Waals surface area (Å²) in [7, 11) is 0. The number of phenols is 1. The Morgan fingerprint density at radius 3 is 2.29 bits per heavy atom. The molecule has 0 saturated carbocycles. The first-order chi connectivity index (χ1) is 13.6. The van der Waals surface area contributed by atoms with Gasteiger partial charge in [0.15, 0.2) is 0 Å². The van der Waals surface area contributed by atoms with Gasteiger partial charge in [-0.3, -0.25) is 10.1 Å². The number of rotatable bonds is 4. The Kier molecular flexibility index (Phi) is 4.64. The smallest absolute Gasteiger partial charge is 0.229 e. The molecule has 2 N–H and O–H groups in total. The summed E-state index contributed by atoms with van der Waals surface area (Å²) >= 11 is 0. The van der Waals surface area contributed by atoms with E-state index in [4.69, 9.17) is 4.42 Å². The number of carbonyl (C=O) groups excluding carboxylic acids is 1. The molecule has 5 heteroatoms. The number of amides is 1. The lowest BCUT2D eigenvalue weighted by Crippen LogP contribution is -2.05. The fraction of sp³-hybridized carbons (Fsp3) is 0.0435. The molecule has 4 rings (SSSR count). The summed E-state index contributed by atoms with van der Waals surface area (Å²) < 4.78 is 5.95. The van der Waals surface area contributed by atoms with Crippen molar-refractivity contribution in [2.45, 2.75) is 6.92 Å². The molecule has 4 aromatic rings. The van der Waals surface area contributed by atoms with Crippen molar-refractivity contribution in [3.63, 3.8) is 0 Å². The molecule has 0 atom stereocenters. The number of oxazole rings is 1. The lowest BCUT2D eigenvalue weighted by molar-refractivity contribution is -0.114. The first-order valence-electron chi connectivity index (χ1n) is 8.84. The van der Waals surface area contributed by atoms with E-state index < -0.39 is 0 Å². The molecule has 0 unspecified atom stereocenters. The Morgan fingerprint density at radius 2 is 1.57 bits per heavy atom. The van der Waals surface area contributed by atoms with Crippen LogP contribution in [0.15, 0.2) is 83.3 Å². The van der Waals surface area contributed by atoms with Gasteiger partial charge in [-0.25, -0.2) is 4.98 Å². The van der Waals surface area contributed by atoms with Crippen molar-refractivity contribution in [2.24, 2.45) is 0 Å². The van der Waals surface area contributed by atoms with Crippen molar-refractivity contribution >= 4 is 11.8 Å². The van der Waals surface area contributed by atoms with Crippen LogP contribution >= 0.6 is 0 Å². The second kappa shape index (κ2) is 7.40. The van der Waals surface area contributed by atoms with E-state index in [0.29, 0.717) is 17.5 Å². The Morgan fingerprint density at radius 1 is 0.893 bits per heavy atom. The summed E-state index contributed by atoms with van der Waals surface area (Å²) in [4.78, 5) is 16.3. The summed E-state index contributed by atoms with van der Waals surface area (Å²) in [6, 6.07) is 24.2. The average molecular weight is 370 g/mol. The van der Waals surface area contributed by atoms with Crippen LogP contribution in [0.1, 0.15) is 6.92 Å². The van der Waals surface area contributed by atoms with Gasteiger partial charge >= 0.3 is 0 Å². The van der Waals surface area contributed by atoms with Gasteiger partial charge in [0.25, 0.3) is 0 Å². The zero-order valence-corrected chi connectivity index (χ0v) is 15.2. The number of hydrogen-bond acceptors (Lipinski definition) is 4. The normalized spacial score (nSPS) is 10.6. The lowest BCUT2D eigenvalue weighted by atomic mass is 9.99. The molecule has 0 radical (unpaired) electrons. The Balaban J connectivity index is 1.87. The molecule has 1 aromatic heterocycles. The van der Waals surface area contributed by atoms with Crippen LogP contribution in [0, 0.1) is 0 Å². The highest BCUT2D eigenvalue weighted by atomic mass is 16.4. The van der Waals surface area contributed by atoms with Crippen LogP contribution in [0.5, 0.6) is 5.75 Å². The Hall–Kier alpha value is -3.86. The van der Waals surface area contributed by atoms with Gasteiger partial charge in [-0.2, -0.15) is 0 Å². The van der Waals surface area contributed by atoms with E-state index in [2.05, 4.69) is 10.3 Å². The van der Waals surface area contributed by atoms with Crippen LogP contribution in [0.3, 0.4) is 0 Å². The molecule has 0 saturated heterocycles. The van der Waals surface area contributed by atoms with Crippen LogP contribution in [0.2, 0.25) is 0 Å². The molecular formula is C23H18N2O3. The summed E-state index contributed by atoms with van der Waals surface area (Å²) in [6.45, 7) is 1.43. The van der Waals surface area contributed by atoms with Crippen LogP contribution in [0.4, 0.5) is 5.88 Å². The van der Waals surface area contributed by atoms with E-state index in [-0.39, 0.29) is 11.7 Å². The van der Waals surface area contributed by atoms with Crippen molar-refractivity contribution < 1.29 is 14.3 Å². The van der Waals surface area contributed by atoms with Gasteiger partial charge in [0.1, 0.15) is 11.4 Å². The Bertz CT molecular complexity index is 1130. The zero-order valence-electron chi connectivity index (χ0n) is 15.2. The van der Waals surface area contributed by atoms with Crippen LogP contribution in [0.25, 0.3) is 33.8 Å². The fourth-order valence-corrected chi connectivity index (χ4v) is 3.07. The van der Waals surface area contributed by atoms with Crippen LogP contribution in [-0.4, -0.2) is 16.0 Å². The van der Waals surface area contributed by atoms with Crippen molar-refractivity contribution in [1.82, 2.24) is 4.98 Å². The van der Waals surface area contributed by atoms with Gasteiger partial charge in [-0.1, -0.05) is 60.7 Å². The molecule has 0 bridgehead atoms. The molecule has 0 aliphatic carbocycles. The number of nitrogens with one attached hydrogen (secondary N) is 1. The van der Waals surface area contributed by atoms with E-state index in [1.54, 1.807) is 18.2 Å². The number of anilines is 1. The highest BCUT2D eigenvalue weighted by molar-refractivity contribution is 5.92. The number of carbonyl (C=O) groups is 1. The molecule has 5 nitrogen and oxygen atoms in total. The molecule has 0 aliphatic heterocycles. The van der Waals surface area contributed by atoms with E-state index in [9.17, 15) is 9.90 Å². The monoisotopic (exact) mass is 370 g/mol. The first kappa shape index (κ1) is 17.5. The third kappa shape index (κ3) is 3.50.